The largest absolute Gasteiger partial charge is 0.356 e. The molecule has 6 nitrogen and oxygen atoms in total. The summed E-state index contributed by atoms with van der Waals surface area (Å²) in [7, 11) is 3.79. The highest BCUT2D eigenvalue weighted by molar-refractivity contribution is 14.0. The Kier molecular flexibility index (Phi) is 7.58. The highest BCUT2D eigenvalue weighted by Gasteiger charge is 2.31. The van der Waals surface area contributed by atoms with Gasteiger partial charge in [-0.3, -0.25) is 4.99 Å². The van der Waals surface area contributed by atoms with E-state index in [-0.39, 0.29) is 24.0 Å². The van der Waals surface area contributed by atoms with Crippen LogP contribution in [0.4, 0.5) is 0 Å². The van der Waals surface area contributed by atoms with Crippen LogP contribution in [-0.2, 0) is 13.6 Å². The SMILES string of the molecule is CCC1(CNC(=NC)NCc2nnc(C)n2C)CCCC1.I. The van der Waals surface area contributed by atoms with Crippen molar-refractivity contribution in [3.8, 4) is 0 Å². The predicted molar refractivity (Wildman–Crippen MR) is 101 cm³/mol. The van der Waals surface area contributed by atoms with Crippen molar-refractivity contribution in [2.45, 2.75) is 52.5 Å². The summed E-state index contributed by atoms with van der Waals surface area (Å²) in [6, 6.07) is 0. The minimum atomic E-state index is 0. The smallest absolute Gasteiger partial charge is 0.191 e. The molecule has 0 radical (unpaired) electrons. The Labute approximate surface area is 150 Å². The topological polar surface area (TPSA) is 67.1 Å². The summed E-state index contributed by atoms with van der Waals surface area (Å²) in [4.78, 5) is 4.30. The first-order valence-electron chi connectivity index (χ1n) is 7.89. The van der Waals surface area contributed by atoms with E-state index in [4.69, 9.17) is 0 Å². The molecular formula is C15H29IN6. The number of guanidine groups is 1. The van der Waals surface area contributed by atoms with Crippen LogP contribution >= 0.6 is 24.0 Å². The maximum Gasteiger partial charge on any atom is 0.191 e. The molecule has 126 valence electrons. The van der Waals surface area contributed by atoms with E-state index in [0.717, 1.165) is 24.2 Å². The number of nitrogens with one attached hydrogen (secondary N) is 2. The highest BCUT2D eigenvalue weighted by Crippen LogP contribution is 2.40. The van der Waals surface area contributed by atoms with Crippen molar-refractivity contribution in [1.29, 1.82) is 0 Å². The summed E-state index contributed by atoms with van der Waals surface area (Å²) in [5, 5.41) is 15.0. The van der Waals surface area contributed by atoms with E-state index in [0.29, 0.717) is 12.0 Å². The van der Waals surface area contributed by atoms with E-state index in [1.165, 1.54) is 32.1 Å². The van der Waals surface area contributed by atoms with Crippen molar-refractivity contribution in [3.05, 3.63) is 11.6 Å². The van der Waals surface area contributed by atoms with Crippen molar-refractivity contribution in [1.82, 2.24) is 25.4 Å². The molecule has 2 rings (SSSR count). The van der Waals surface area contributed by atoms with Crippen LogP contribution in [0.5, 0.6) is 0 Å². The van der Waals surface area contributed by atoms with Gasteiger partial charge in [-0.15, -0.1) is 34.2 Å². The van der Waals surface area contributed by atoms with Crippen molar-refractivity contribution >= 4 is 29.9 Å². The van der Waals surface area contributed by atoms with Gasteiger partial charge in [0.05, 0.1) is 6.54 Å². The average Bonchev–Trinajstić information content (AvgIpc) is 3.09. The third-order valence-corrected chi connectivity index (χ3v) is 4.87. The minimum absolute atomic E-state index is 0. The monoisotopic (exact) mass is 420 g/mol. The van der Waals surface area contributed by atoms with Crippen LogP contribution in [-0.4, -0.2) is 34.3 Å². The minimum Gasteiger partial charge on any atom is -0.356 e. The zero-order valence-electron chi connectivity index (χ0n) is 14.1. The van der Waals surface area contributed by atoms with Crippen LogP contribution in [0.25, 0.3) is 0 Å². The number of aryl methyl sites for hydroxylation is 1. The van der Waals surface area contributed by atoms with Crippen LogP contribution < -0.4 is 10.6 Å². The Morgan fingerprint density at radius 1 is 1.27 bits per heavy atom. The third kappa shape index (κ3) is 4.57. The van der Waals surface area contributed by atoms with E-state index in [2.05, 4.69) is 32.7 Å². The third-order valence-electron chi connectivity index (χ3n) is 4.87. The van der Waals surface area contributed by atoms with Gasteiger partial charge in [-0.05, 0) is 31.6 Å². The van der Waals surface area contributed by atoms with E-state index in [9.17, 15) is 0 Å². The summed E-state index contributed by atoms with van der Waals surface area (Å²) in [6.07, 6.45) is 6.62. The molecule has 1 aromatic heterocycles. The van der Waals surface area contributed by atoms with Gasteiger partial charge in [-0.1, -0.05) is 19.8 Å². The predicted octanol–water partition coefficient (Wildman–Crippen LogP) is 2.38. The molecule has 0 aromatic carbocycles. The molecule has 1 heterocycles. The number of aliphatic imine (C=N–C) groups is 1. The second-order valence-corrected chi connectivity index (χ2v) is 6.06. The first-order chi connectivity index (χ1) is 10.1. The number of nitrogens with zero attached hydrogens (tertiary/aromatic N) is 4. The Morgan fingerprint density at radius 3 is 2.45 bits per heavy atom. The second-order valence-electron chi connectivity index (χ2n) is 6.06. The van der Waals surface area contributed by atoms with E-state index in [1.54, 1.807) is 0 Å². The Hall–Kier alpha value is -0.860. The molecule has 0 aliphatic heterocycles. The quantitative estimate of drug-likeness (QED) is 0.436. The zero-order valence-corrected chi connectivity index (χ0v) is 16.5. The van der Waals surface area contributed by atoms with Gasteiger partial charge in [0.1, 0.15) is 5.82 Å². The van der Waals surface area contributed by atoms with E-state index >= 15 is 0 Å². The number of hydrogen-bond acceptors (Lipinski definition) is 3. The molecule has 0 unspecified atom stereocenters. The number of aromatic nitrogens is 3. The van der Waals surface area contributed by atoms with Crippen LogP contribution in [0, 0.1) is 12.3 Å². The molecule has 0 amide bonds. The van der Waals surface area contributed by atoms with Crippen molar-refractivity contribution in [2.75, 3.05) is 13.6 Å². The van der Waals surface area contributed by atoms with Gasteiger partial charge in [0.2, 0.25) is 0 Å². The molecule has 1 aromatic rings. The summed E-state index contributed by atoms with van der Waals surface area (Å²) >= 11 is 0. The van der Waals surface area contributed by atoms with E-state index in [1.807, 2.05) is 25.6 Å². The molecule has 0 atom stereocenters. The molecule has 7 heteroatoms. The van der Waals surface area contributed by atoms with Crippen LogP contribution in [0.2, 0.25) is 0 Å². The number of hydrogen-bond donors (Lipinski definition) is 2. The summed E-state index contributed by atoms with van der Waals surface area (Å²) < 4.78 is 1.99. The standard InChI is InChI=1S/C15H28N6.HI/c1-5-15(8-6-7-9-15)11-18-14(16-3)17-10-13-20-19-12(2)21(13)4;/h5-11H2,1-4H3,(H2,16,17,18);1H. The molecule has 1 aliphatic carbocycles. The fraction of sp³-hybridized carbons (Fsp3) is 0.800. The molecule has 0 spiro atoms. The van der Waals surface area contributed by atoms with Gasteiger partial charge < -0.3 is 15.2 Å². The van der Waals surface area contributed by atoms with E-state index < -0.39 is 0 Å². The van der Waals surface area contributed by atoms with Gasteiger partial charge in [0.15, 0.2) is 11.8 Å². The fourth-order valence-electron chi connectivity index (χ4n) is 3.04. The van der Waals surface area contributed by atoms with Gasteiger partial charge in [-0.2, -0.15) is 0 Å². The summed E-state index contributed by atoms with van der Waals surface area (Å²) in [6.45, 7) is 5.89. The van der Waals surface area contributed by atoms with Crippen molar-refractivity contribution in [2.24, 2.45) is 17.5 Å². The molecule has 22 heavy (non-hydrogen) atoms. The maximum absolute atomic E-state index is 4.30. The molecule has 1 aliphatic rings. The first kappa shape index (κ1) is 19.2. The molecule has 0 bridgehead atoms. The van der Waals surface area contributed by atoms with Gasteiger partial charge >= 0.3 is 0 Å². The van der Waals surface area contributed by atoms with Gasteiger partial charge in [-0.25, -0.2) is 0 Å². The lowest BCUT2D eigenvalue weighted by Gasteiger charge is -2.28. The lowest BCUT2D eigenvalue weighted by molar-refractivity contribution is 0.283. The molecular weight excluding hydrogens is 391 g/mol. The molecule has 2 N–H and O–H groups in total. The van der Waals surface area contributed by atoms with Crippen LogP contribution in [0.3, 0.4) is 0 Å². The Morgan fingerprint density at radius 2 is 1.95 bits per heavy atom. The van der Waals surface area contributed by atoms with Crippen LogP contribution in [0.15, 0.2) is 4.99 Å². The molecule has 1 fully saturated rings. The first-order valence-corrected chi connectivity index (χ1v) is 7.89. The lowest BCUT2D eigenvalue weighted by Crippen LogP contribution is -2.42. The number of halogens is 1. The summed E-state index contributed by atoms with van der Waals surface area (Å²) in [5.41, 5.74) is 0.457. The fourth-order valence-corrected chi connectivity index (χ4v) is 3.04. The molecule has 1 saturated carbocycles. The number of rotatable bonds is 5. The molecule has 0 saturated heterocycles. The average molecular weight is 420 g/mol. The summed E-state index contributed by atoms with van der Waals surface area (Å²) in [5.74, 6) is 2.68. The maximum atomic E-state index is 4.30. The lowest BCUT2D eigenvalue weighted by atomic mass is 9.83. The highest BCUT2D eigenvalue weighted by atomic mass is 127. The van der Waals surface area contributed by atoms with Gasteiger partial charge in [0, 0.05) is 20.6 Å². The Balaban J connectivity index is 0.00000242. The normalized spacial score (nSPS) is 17.2. The second kappa shape index (κ2) is 8.69. The van der Waals surface area contributed by atoms with Crippen molar-refractivity contribution in [3.63, 3.8) is 0 Å². The zero-order chi connectivity index (χ0) is 15.3. The van der Waals surface area contributed by atoms with Crippen molar-refractivity contribution < 1.29 is 0 Å². The van der Waals surface area contributed by atoms with Gasteiger partial charge in [0.25, 0.3) is 0 Å². The Bertz CT molecular complexity index is 490. The van der Waals surface area contributed by atoms with Crippen LogP contribution in [0.1, 0.15) is 50.7 Å².